The molecule has 7 heteroatoms. The molecule has 2 N–H and O–H groups in total. The molecule has 0 amide bonds. The smallest absolute Gasteiger partial charge is 0.132 e. The number of hydrogen-bond donors (Lipinski definition) is 1. The minimum atomic E-state index is 0.524. The first-order valence-electron chi connectivity index (χ1n) is 11.9. The van der Waals surface area contributed by atoms with Gasteiger partial charge in [-0.05, 0) is 67.4 Å². The summed E-state index contributed by atoms with van der Waals surface area (Å²) in [6.07, 6.45) is 0.759. The summed E-state index contributed by atoms with van der Waals surface area (Å²) in [5, 5.41) is 4.01. The van der Waals surface area contributed by atoms with E-state index in [0.717, 1.165) is 66.5 Å². The molecule has 34 heavy (non-hydrogen) atoms. The van der Waals surface area contributed by atoms with Gasteiger partial charge in [0, 0.05) is 30.5 Å². The third-order valence-electron chi connectivity index (χ3n) is 6.01. The maximum atomic E-state index is 6.21. The van der Waals surface area contributed by atoms with E-state index in [-0.39, 0.29) is 0 Å². The molecule has 2 aromatic heterocycles. The zero-order chi connectivity index (χ0) is 23.9. The molecular weight excluding hydrogens is 442 g/mol. The number of nitrogens with two attached hydrogens (primary N) is 1. The second-order valence-corrected chi connectivity index (χ2v) is 8.92. The van der Waals surface area contributed by atoms with Crippen LogP contribution in [-0.4, -0.2) is 46.5 Å². The summed E-state index contributed by atoms with van der Waals surface area (Å²) >= 11 is 1.61. The van der Waals surface area contributed by atoms with Gasteiger partial charge in [0.15, 0.2) is 0 Å². The van der Waals surface area contributed by atoms with Gasteiger partial charge in [-0.2, -0.15) is 11.3 Å². The van der Waals surface area contributed by atoms with Crippen LogP contribution in [0.2, 0.25) is 0 Å². The number of nitrogens with zero attached hydrogens (tertiary/aromatic N) is 4. The van der Waals surface area contributed by atoms with Crippen LogP contribution in [0.1, 0.15) is 37.7 Å². The molecule has 2 aromatic carbocycles. The predicted molar refractivity (Wildman–Crippen MR) is 143 cm³/mol. The van der Waals surface area contributed by atoms with Crippen LogP contribution in [0.5, 0.6) is 5.75 Å². The van der Waals surface area contributed by atoms with Gasteiger partial charge >= 0.3 is 0 Å². The maximum absolute atomic E-state index is 6.21. The molecule has 0 saturated carbocycles. The third-order valence-corrected chi connectivity index (χ3v) is 6.69. The first-order valence-corrected chi connectivity index (χ1v) is 12.9. The van der Waals surface area contributed by atoms with Gasteiger partial charge in [0.2, 0.25) is 0 Å². The number of fused-ring (bicyclic) bond motifs is 1. The van der Waals surface area contributed by atoms with E-state index in [0.29, 0.717) is 12.4 Å². The zero-order valence-electron chi connectivity index (χ0n) is 20.2. The molecule has 4 rings (SSSR count). The van der Waals surface area contributed by atoms with E-state index < -0.39 is 0 Å². The first kappa shape index (κ1) is 24.0. The van der Waals surface area contributed by atoms with Gasteiger partial charge in [0.1, 0.15) is 17.4 Å². The molecule has 0 radical (unpaired) electrons. The van der Waals surface area contributed by atoms with Gasteiger partial charge in [-0.3, -0.25) is 0 Å². The number of imidazole rings is 1. The average Bonchev–Trinajstić information content (AvgIpc) is 3.50. The largest absolute Gasteiger partial charge is 0.494 e. The van der Waals surface area contributed by atoms with E-state index in [1.54, 1.807) is 11.3 Å². The normalized spacial score (nSPS) is 12.1. The Bertz CT molecular complexity index is 1220. The molecular formula is C27H33N5OS. The predicted octanol–water partition coefficient (Wildman–Crippen LogP) is 5.47. The molecule has 178 valence electrons. The number of likely N-dealkylation sites (N-methyl/N-ethyl adjacent to an activating group) is 1. The number of hydrogen-bond acceptors (Lipinski definition) is 5. The molecule has 0 unspecified atom stereocenters. The standard InChI is InChI=1S/C27H33N5OS/c1-4-31(5-2)14-15-32-25-12-9-22(29-27(28)21-13-16-34-19-21)18-24(25)30-26(32)17-20-7-10-23(11-8-20)33-6-3/h7-13,16,18-19H,4-6,14-15,17H2,1-3H3,(H2,28,29). The second-order valence-electron chi connectivity index (χ2n) is 8.14. The van der Waals surface area contributed by atoms with E-state index in [1.165, 1.54) is 5.56 Å². The fraction of sp³-hybridized carbons (Fsp3) is 0.333. The van der Waals surface area contributed by atoms with E-state index in [9.17, 15) is 0 Å². The Morgan fingerprint density at radius 1 is 1.09 bits per heavy atom. The Morgan fingerprint density at radius 3 is 2.56 bits per heavy atom. The highest BCUT2D eigenvalue weighted by molar-refractivity contribution is 7.08. The molecule has 4 aromatic rings. The van der Waals surface area contributed by atoms with Crippen molar-refractivity contribution in [2.24, 2.45) is 10.7 Å². The van der Waals surface area contributed by atoms with E-state index >= 15 is 0 Å². The number of thiophene rings is 1. The minimum Gasteiger partial charge on any atom is -0.494 e. The van der Waals surface area contributed by atoms with Crippen LogP contribution >= 0.6 is 11.3 Å². The molecule has 0 aliphatic carbocycles. The van der Waals surface area contributed by atoms with Gasteiger partial charge < -0.3 is 19.9 Å². The lowest BCUT2D eigenvalue weighted by Gasteiger charge is -2.19. The lowest BCUT2D eigenvalue weighted by Crippen LogP contribution is -2.27. The Kier molecular flexibility index (Phi) is 7.98. The first-order chi connectivity index (χ1) is 16.6. The minimum absolute atomic E-state index is 0.524. The van der Waals surface area contributed by atoms with E-state index in [2.05, 4.69) is 46.5 Å². The highest BCUT2D eigenvalue weighted by Gasteiger charge is 2.13. The van der Waals surface area contributed by atoms with Gasteiger partial charge in [-0.15, -0.1) is 0 Å². The summed E-state index contributed by atoms with van der Waals surface area (Å²) in [6, 6.07) is 16.5. The highest BCUT2D eigenvalue weighted by atomic mass is 32.1. The fourth-order valence-electron chi connectivity index (χ4n) is 4.07. The topological polar surface area (TPSA) is 68.7 Å². The summed E-state index contributed by atoms with van der Waals surface area (Å²) in [4.78, 5) is 12.1. The van der Waals surface area contributed by atoms with Crippen molar-refractivity contribution in [2.45, 2.75) is 33.7 Å². The zero-order valence-corrected chi connectivity index (χ0v) is 21.0. The molecule has 2 heterocycles. The lowest BCUT2D eigenvalue weighted by atomic mass is 10.1. The highest BCUT2D eigenvalue weighted by Crippen LogP contribution is 2.25. The molecule has 0 bridgehead atoms. The average molecular weight is 476 g/mol. The van der Waals surface area contributed by atoms with Crippen molar-refractivity contribution < 1.29 is 4.74 Å². The number of amidine groups is 1. The number of benzene rings is 2. The number of aliphatic imine (C=N–C) groups is 1. The number of aromatic nitrogens is 2. The Morgan fingerprint density at radius 2 is 1.88 bits per heavy atom. The maximum Gasteiger partial charge on any atom is 0.132 e. The molecule has 0 fully saturated rings. The monoisotopic (exact) mass is 475 g/mol. The summed E-state index contributed by atoms with van der Waals surface area (Å²) < 4.78 is 7.94. The summed E-state index contributed by atoms with van der Waals surface area (Å²) in [6.45, 7) is 11.0. The summed E-state index contributed by atoms with van der Waals surface area (Å²) in [5.74, 6) is 2.47. The summed E-state index contributed by atoms with van der Waals surface area (Å²) in [5.41, 5.74) is 11.3. The van der Waals surface area contributed by atoms with E-state index in [4.69, 9.17) is 15.5 Å². The van der Waals surface area contributed by atoms with Crippen molar-refractivity contribution in [3.8, 4) is 5.75 Å². The SMILES string of the molecule is CCOc1ccc(Cc2nc3cc(N=C(N)c4ccsc4)ccc3n2CCN(CC)CC)cc1. The Labute approximate surface area is 205 Å². The van der Waals surface area contributed by atoms with Crippen LogP contribution in [0.4, 0.5) is 5.69 Å². The Balaban J connectivity index is 1.66. The number of rotatable bonds is 11. The second kappa shape index (κ2) is 11.3. The molecule has 0 aliphatic rings. The Hall–Kier alpha value is -3.16. The van der Waals surface area contributed by atoms with Crippen LogP contribution in [0.3, 0.4) is 0 Å². The van der Waals surface area contributed by atoms with Crippen molar-refractivity contribution in [3.63, 3.8) is 0 Å². The molecule has 6 nitrogen and oxygen atoms in total. The quantitative estimate of drug-likeness (QED) is 0.231. The van der Waals surface area contributed by atoms with Crippen molar-refractivity contribution in [2.75, 3.05) is 26.2 Å². The van der Waals surface area contributed by atoms with Crippen LogP contribution < -0.4 is 10.5 Å². The molecule has 0 aliphatic heterocycles. The van der Waals surface area contributed by atoms with Gasteiger partial charge in [0.25, 0.3) is 0 Å². The van der Waals surface area contributed by atoms with Crippen LogP contribution in [0, 0.1) is 0 Å². The third kappa shape index (κ3) is 5.66. The molecule has 0 spiro atoms. The summed E-state index contributed by atoms with van der Waals surface area (Å²) in [7, 11) is 0. The van der Waals surface area contributed by atoms with Gasteiger partial charge in [-0.1, -0.05) is 26.0 Å². The van der Waals surface area contributed by atoms with Gasteiger partial charge in [0.05, 0.1) is 23.3 Å². The van der Waals surface area contributed by atoms with Crippen LogP contribution in [0.25, 0.3) is 11.0 Å². The van der Waals surface area contributed by atoms with Gasteiger partial charge in [-0.25, -0.2) is 9.98 Å². The molecule has 0 atom stereocenters. The molecule has 0 saturated heterocycles. The van der Waals surface area contributed by atoms with E-state index in [1.807, 2.05) is 48.0 Å². The van der Waals surface area contributed by atoms with Crippen LogP contribution in [0.15, 0.2) is 64.3 Å². The lowest BCUT2D eigenvalue weighted by molar-refractivity contribution is 0.291. The fourth-order valence-corrected chi connectivity index (χ4v) is 4.72. The van der Waals surface area contributed by atoms with Crippen LogP contribution in [-0.2, 0) is 13.0 Å². The van der Waals surface area contributed by atoms with Crippen molar-refractivity contribution in [1.29, 1.82) is 0 Å². The van der Waals surface area contributed by atoms with Crippen molar-refractivity contribution in [1.82, 2.24) is 14.5 Å². The number of ether oxygens (including phenoxy) is 1. The van der Waals surface area contributed by atoms with Crippen molar-refractivity contribution in [3.05, 3.63) is 76.2 Å². The van der Waals surface area contributed by atoms with Crippen molar-refractivity contribution >= 4 is 33.9 Å².